The lowest BCUT2D eigenvalue weighted by molar-refractivity contribution is 0.278. The van der Waals surface area contributed by atoms with Crippen molar-refractivity contribution in [3.8, 4) is 18.0 Å². The van der Waals surface area contributed by atoms with Crippen molar-refractivity contribution in [2.45, 2.75) is 19.0 Å². The standard InChI is InChI=1S/C10H15N7O2S/c1-4-18-8-13-7(14-9(15-8)19-5-2)17-6(11)12-10(16-17)20-3/h4-5H2,1-3H3,(H2,11,12,16). The molecule has 0 aliphatic heterocycles. The van der Waals surface area contributed by atoms with Crippen LogP contribution in [-0.4, -0.2) is 49.2 Å². The molecule has 0 fully saturated rings. The summed E-state index contributed by atoms with van der Waals surface area (Å²) >= 11 is 1.37. The molecule has 2 aromatic heterocycles. The molecule has 2 rings (SSSR count). The van der Waals surface area contributed by atoms with Crippen molar-refractivity contribution in [2.24, 2.45) is 0 Å². The predicted molar refractivity (Wildman–Crippen MR) is 73.3 cm³/mol. The van der Waals surface area contributed by atoms with Gasteiger partial charge in [0, 0.05) is 0 Å². The van der Waals surface area contributed by atoms with E-state index < -0.39 is 0 Å². The van der Waals surface area contributed by atoms with Gasteiger partial charge >= 0.3 is 12.0 Å². The zero-order chi connectivity index (χ0) is 14.5. The first-order valence-corrected chi connectivity index (χ1v) is 7.19. The second kappa shape index (κ2) is 6.37. The Balaban J connectivity index is 2.45. The van der Waals surface area contributed by atoms with Crippen molar-refractivity contribution in [2.75, 3.05) is 25.2 Å². The van der Waals surface area contributed by atoms with Gasteiger partial charge in [-0.3, -0.25) is 0 Å². The van der Waals surface area contributed by atoms with Crippen LogP contribution in [0.1, 0.15) is 13.8 Å². The first-order valence-electron chi connectivity index (χ1n) is 5.96. The summed E-state index contributed by atoms with van der Waals surface area (Å²) in [5.74, 6) is 0.391. The number of nitrogens with zero attached hydrogens (tertiary/aromatic N) is 6. The Morgan fingerprint density at radius 2 is 1.65 bits per heavy atom. The number of anilines is 1. The van der Waals surface area contributed by atoms with Gasteiger partial charge in [0.15, 0.2) is 0 Å². The Morgan fingerprint density at radius 3 is 2.10 bits per heavy atom. The number of hydrogen-bond donors (Lipinski definition) is 1. The number of ether oxygens (including phenoxy) is 2. The van der Waals surface area contributed by atoms with Crippen molar-refractivity contribution < 1.29 is 9.47 Å². The lowest BCUT2D eigenvalue weighted by Gasteiger charge is -2.07. The third-order valence-corrected chi connectivity index (χ3v) is 2.65. The molecule has 2 N–H and O–H groups in total. The highest BCUT2D eigenvalue weighted by Gasteiger charge is 2.15. The summed E-state index contributed by atoms with van der Waals surface area (Å²) in [5, 5.41) is 4.71. The van der Waals surface area contributed by atoms with Crippen LogP contribution in [0, 0.1) is 0 Å². The molecular weight excluding hydrogens is 282 g/mol. The third kappa shape index (κ3) is 3.07. The molecule has 0 atom stereocenters. The van der Waals surface area contributed by atoms with E-state index in [0.29, 0.717) is 18.4 Å². The van der Waals surface area contributed by atoms with Crippen LogP contribution >= 0.6 is 11.8 Å². The normalized spacial score (nSPS) is 10.6. The van der Waals surface area contributed by atoms with Crippen molar-refractivity contribution in [3.63, 3.8) is 0 Å². The molecule has 9 nitrogen and oxygen atoms in total. The SMILES string of the molecule is CCOc1nc(OCC)nc(-n2nc(SC)nc2N)n1. The summed E-state index contributed by atoms with van der Waals surface area (Å²) in [6.45, 7) is 4.52. The largest absolute Gasteiger partial charge is 0.464 e. The molecule has 0 aliphatic carbocycles. The third-order valence-electron chi connectivity index (χ3n) is 2.11. The van der Waals surface area contributed by atoms with Gasteiger partial charge in [0.2, 0.25) is 11.1 Å². The predicted octanol–water partition coefficient (Wildman–Crippen LogP) is 0.554. The van der Waals surface area contributed by atoms with E-state index in [9.17, 15) is 0 Å². The van der Waals surface area contributed by atoms with Crippen molar-refractivity contribution in [1.29, 1.82) is 0 Å². The molecule has 2 aromatic rings. The lowest BCUT2D eigenvalue weighted by Crippen LogP contribution is -2.11. The van der Waals surface area contributed by atoms with Gasteiger partial charge in [-0.15, -0.1) is 10.1 Å². The molecule has 108 valence electrons. The molecule has 10 heteroatoms. The second-order valence-electron chi connectivity index (χ2n) is 3.44. The molecule has 0 unspecified atom stereocenters. The molecule has 0 amide bonds. The highest BCUT2D eigenvalue weighted by atomic mass is 32.2. The zero-order valence-electron chi connectivity index (χ0n) is 11.4. The van der Waals surface area contributed by atoms with Gasteiger partial charge in [0.25, 0.3) is 5.95 Å². The van der Waals surface area contributed by atoms with Gasteiger partial charge in [-0.25, -0.2) is 0 Å². The molecule has 0 radical (unpaired) electrons. The Labute approximate surface area is 119 Å². The van der Waals surface area contributed by atoms with Gasteiger partial charge in [-0.2, -0.15) is 19.6 Å². The maximum absolute atomic E-state index is 5.79. The van der Waals surface area contributed by atoms with Gasteiger partial charge in [0.1, 0.15) is 0 Å². The maximum atomic E-state index is 5.79. The molecule has 0 spiro atoms. The minimum absolute atomic E-state index is 0.154. The average Bonchev–Trinajstić information content (AvgIpc) is 2.80. The van der Waals surface area contributed by atoms with Crippen LogP contribution in [0.25, 0.3) is 5.95 Å². The number of hydrogen-bond acceptors (Lipinski definition) is 9. The van der Waals surface area contributed by atoms with E-state index in [1.54, 1.807) is 0 Å². The van der Waals surface area contributed by atoms with E-state index >= 15 is 0 Å². The molecule has 0 aliphatic rings. The van der Waals surface area contributed by atoms with Crippen molar-refractivity contribution >= 4 is 17.7 Å². The molecule has 2 heterocycles. The van der Waals surface area contributed by atoms with Crippen LogP contribution in [-0.2, 0) is 0 Å². The average molecular weight is 297 g/mol. The summed E-state index contributed by atoms with van der Waals surface area (Å²) in [7, 11) is 0. The van der Waals surface area contributed by atoms with Crippen molar-refractivity contribution in [3.05, 3.63) is 0 Å². The minimum Gasteiger partial charge on any atom is -0.464 e. The van der Waals surface area contributed by atoms with Crippen molar-refractivity contribution in [1.82, 2.24) is 29.7 Å². The van der Waals surface area contributed by atoms with Crippen LogP contribution in [0.3, 0.4) is 0 Å². The van der Waals surface area contributed by atoms with Gasteiger partial charge < -0.3 is 15.2 Å². The Bertz CT molecular complexity index is 565. The van der Waals surface area contributed by atoms with Gasteiger partial charge in [-0.1, -0.05) is 11.8 Å². The first kappa shape index (κ1) is 14.3. The summed E-state index contributed by atoms with van der Waals surface area (Å²) in [6.07, 6.45) is 1.85. The number of nitrogens with two attached hydrogens (primary N) is 1. The monoisotopic (exact) mass is 297 g/mol. The molecule has 0 saturated heterocycles. The van der Waals surface area contributed by atoms with Gasteiger partial charge in [-0.05, 0) is 20.1 Å². The number of rotatable bonds is 6. The molecule has 0 aromatic carbocycles. The molecule has 0 saturated carbocycles. The number of nitrogen functional groups attached to an aromatic ring is 1. The maximum Gasteiger partial charge on any atom is 0.324 e. The fourth-order valence-corrected chi connectivity index (χ4v) is 1.70. The van der Waals surface area contributed by atoms with Crippen LogP contribution < -0.4 is 15.2 Å². The molecule has 20 heavy (non-hydrogen) atoms. The molecule has 0 bridgehead atoms. The first-order chi connectivity index (χ1) is 9.67. The minimum atomic E-state index is 0.154. The fourth-order valence-electron chi connectivity index (χ4n) is 1.35. The molecular formula is C10H15N7O2S. The summed E-state index contributed by atoms with van der Waals surface area (Å²) < 4.78 is 11.9. The highest BCUT2D eigenvalue weighted by molar-refractivity contribution is 7.98. The lowest BCUT2D eigenvalue weighted by atomic mass is 10.8. The van der Waals surface area contributed by atoms with E-state index in [2.05, 4.69) is 25.0 Å². The van der Waals surface area contributed by atoms with Crippen LogP contribution in [0.4, 0.5) is 5.95 Å². The van der Waals surface area contributed by atoms with Gasteiger partial charge in [0.05, 0.1) is 13.2 Å². The quantitative estimate of drug-likeness (QED) is 0.763. The Morgan fingerprint density at radius 1 is 1.05 bits per heavy atom. The van der Waals surface area contributed by atoms with E-state index in [4.69, 9.17) is 15.2 Å². The van der Waals surface area contributed by atoms with Crippen LogP contribution in [0.5, 0.6) is 12.0 Å². The second-order valence-corrected chi connectivity index (χ2v) is 4.21. The number of aromatic nitrogens is 6. The fraction of sp³-hybridized carbons (Fsp3) is 0.500. The number of thioether (sulfide) groups is 1. The van der Waals surface area contributed by atoms with Crippen LogP contribution in [0.2, 0.25) is 0 Å². The Hall–Kier alpha value is -2.10. The van der Waals surface area contributed by atoms with Crippen LogP contribution in [0.15, 0.2) is 5.16 Å². The van der Waals surface area contributed by atoms with E-state index in [0.717, 1.165) is 0 Å². The summed E-state index contributed by atoms with van der Waals surface area (Å²) in [5.41, 5.74) is 5.79. The van der Waals surface area contributed by atoms with E-state index in [-0.39, 0.29) is 23.9 Å². The smallest absolute Gasteiger partial charge is 0.324 e. The highest BCUT2D eigenvalue weighted by Crippen LogP contribution is 2.17. The van der Waals surface area contributed by atoms with E-state index in [1.807, 2.05) is 20.1 Å². The summed E-state index contributed by atoms with van der Waals surface area (Å²) in [6, 6.07) is 0.308. The Kier molecular flexibility index (Phi) is 4.56. The summed E-state index contributed by atoms with van der Waals surface area (Å²) in [4.78, 5) is 16.3. The topological polar surface area (TPSA) is 114 Å². The zero-order valence-corrected chi connectivity index (χ0v) is 12.2. The van der Waals surface area contributed by atoms with E-state index in [1.165, 1.54) is 16.4 Å².